The van der Waals surface area contributed by atoms with Crippen LogP contribution in [0, 0.1) is 6.92 Å². The first-order valence-corrected chi connectivity index (χ1v) is 6.44. The van der Waals surface area contributed by atoms with Crippen molar-refractivity contribution in [2.75, 3.05) is 7.05 Å². The van der Waals surface area contributed by atoms with E-state index in [1.54, 1.807) is 12.1 Å². The molecule has 0 aliphatic carbocycles. The van der Waals surface area contributed by atoms with E-state index in [9.17, 15) is 5.11 Å². The fourth-order valence-corrected chi connectivity index (χ4v) is 2.01. The van der Waals surface area contributed by atoms with Crippen molar-refractivity contribution in [1.29, 1.82) is 0 Å². The molecule has 2 rings (SSSR count). The van der Waals surface area contributed by atoms with Gasteiger partial charge in [-0.3, -0.25) is 0 Å². The molecule has 0 aliphatic rings. The van der Waals surface area contributed by atoms with E-state index < -0.39 is 0 Å². The molecule has 0 saturated heterocycles. The van der Waals surface area contributed by atoms with E-state index in [1.165, 1.54) is 23.7 Å². The van der Waals surface area contributed by atoms with Crippen LogP contribution in [0.4, 0.5) is 0 Å². The monoisotopic (exact) mass is 257 g/mol. The Morgan fingerprint density at radius 3 is 1.58 bits per heavy atom. The summed E-state index contributed by atoms with van der Waals surface area (Å²) in [5, 5.41) is 9.33. The van der Waals surface area contributed by atoms with Crippen LogP contribution in [0.2, 0.25) is 0 Å². The average molecular weight is 257 g/mol. The Balaban J connectivity index is 0.000000861. The molecule has 0 unspecified atom stereocenters. The molecule has 0 spiro atoms. The molecule has 19 heavy (non-hydrogen) atoms. The van der Waals surface area contributed by atoms with Gasteiger partial charge in [-0.2, -0.15) is 0 Å². The Kier molecular flexibility index (Phi) is 5.13. The molecule has 0 aromatic heterocycles. The summed E-state index contributed by atoms with van der Waals surface area (Å²) in [7, 11) is 1.50. The maximum absolute atomic E-state index is 9.33. The van der Waals surface area contributed by atoms with Crippen LogP contribution in [0.5, 0.6) is 5.75 Å². The van der Waals surface area contributed by atoms with Crippen molar-refractivity contribution >= 4 is 0 Å². The highest BCUT2D eigenvalue weighted by molar-refractivity contribution is 5.40. The summed E-state index contributed by atoms with van der Waals surface area (Å²) in [5.74, 6) is 0.313. The summed E-state index contributed by atoms with van der Waals surface area (Å²) in [6.07, 6.45) is 0. The predicted octanol–water partition coefficient (Wildman–Crippen LogP) is 3.60. The Hall–Kier alpha value is -1.80. The molecule has 0 bridgehead atoms. The topological polar surface area (TPSA) is 46.2 Å². The van der Waals surface area contributed by atoms with Gasteiger partial charge in [-0.05, 0) is 37.2 Å². The quantitative estimate of drug-likeness (QED) is 0.863. The first kappa shape index (κ1) is 15.3. The first-order chi connectivity index (χ1) is 9.00. The van der Waals surface area contributed by atoms with Crippen molar-refractivity contribution in [1.82, 2.24) is 0 Å². The van der Waals surface area contributed by atoms with Gasteiger partial charge in [0.15, 0.2) is 0 Å². The molecule has 0 saturated carbocycles. The van der Waals surface area contributed by atoms with E-state index in [2.05, 4.69) is 50.8 Å². The largest absolute Gasteiger partial charge is 0.508 e. The Morgan fingerprint density at radius 1 is 0.789 bits per heavy atom. The normalized spacial score (nSPS) is 10.6. The predicted molar refractivity (Wildman–Crippen MR) is 81.5 cm³/mol. The van der Waals surface area contributed by atoms with Crippen molar-refractivity contribution in [3.8, 4) is 5.75 Å². The van der Waals surface area contributed by atoms with Crippen LogP contribution in [-0.2, 0) is 5.41 Å². The van der Waals surface area contributed by atoms with E-state index in [0.717, 1.165) is 0 Å². The van der Waals surface area contributed by atoms with Gasteiger partial charge < -0.3 is 10.8 Å². The summed E-state index contributed by atoms with van der Waals surface area (Å²) < 4.78 is 0. The average Bonchev–Trinajstić information content (AvgIpc) is 2.42. The lowest BCUT2D eigenvalue weighted by atomic mass is 9.78. The third-order valence-corrected chi connectivity index (χ3v) is 3.36. The molecule has 0 radical (unpaired) electrons. The maximum Gasteiger partial charge on any atom is 0.115 e. The second-order valence-electron chi connectivity index (χ2n) is 5.04. The number of rotatable bonds is 2. The lowest BCUT2D eigenvalue weighted by Crippen LogP contribution is -2.18. The van der Waals surface area contributed by atoms with Crippen LogP contribution in [0.25, 0.3) is 0 Å². The zero-order chi connectivity index (χ0) is 14.5. The van der Waals surface area contributed by atoms with Gasteiger partial charge in [0.2, 0.25) is 0 Å². The molecule has 2 aromatic rings. The van der Waals surface area contributed by atoms with Gasteiger partial charge in [0.05, 0.1) is 0 Å². The molecule has 2 heteroatoms. The summed E-state index contributed by atoms with van der Waals surface area (Å²) >= 11 is 0. The molecular formula is C17H23NO. The summed E-state index contributed by atoms with van der Waals surface area (Å²) in [6.45, 7) is 6.49. The van der Waals surface area contributed by atoms with Crippen LogP contribution in [-0.4, -0.2) is 12.2 Å². The number of hydrogen-bond acceptors (Lipinski definition) is 2. The van der Waals surface area contributed by atoms with Crippen LogP contribution >= 0.6 is 0 Å². The number of aromatic hydroxyl groups is 1. The zero-order valence-corrected chi connectivity index (χ0v) is 12.1. The minimum atomic E-state index is -0.0403. The molecule has 2 aromatic carbocycles. The van der Waals surface area contributed by atoms with Crippen molar-refractivity contribution in [3.05, 3.63) is 65.2 Å². The minimum Gasteiger partial charge on any atom is -0.508 e. The van der Waals surface area contributed by atoms with Crippen molar-refractivity contribution in [3.63, 3.8) is 0 Å². The fraction of sp³-hybridized carbons (Fsp3) is 0.294. The Morgan fingerprint density at radius 2 is 1.16 bits per heavy atom. The van der Waals surface area contributed by atoms with Crippen molar-refractivity contribution in [2.45, 2.75) is 26.2 Å². The second kappa shape index (κ2) is 6.39. The highest BCUT2D eigenvalue weighted by Crippen LogP contribution is 2.32. The Bertz CT molecular complexity index is 450. The van der Waals surface area contributed by atoms with Crippen LogP contribution < -0.4 is 5.73 Å². The number of phenols is 1. The van der Waals surface area contributed by atoms with Crippen LogP contribution in [0.1, 0.15) is 30.5 Å². The summed E-state index contributed by atoms with van der Waals surface area (Å²) in [4.78, 5) is 0. The van der Waals surface area contributed by atoms with E-state index in [0.29, 0.717) is 5.75 Å². The van der Waals surface area contributed by atoms with Gasteiger partial charge in [-0.15, -0.1) is 0 Å². The van der Waals surface area contributed by atoms with Crippen LogP contribution in [0.3, 0.4) is 0 Å². The van der Waals surface area contributed by atoms with Crippen LogP contribution in [0.15, 0.2) is 48.5 Å². The van der Waals surface area contributed by atoms with E-state index >= 15 is 0 Å². The zero-order valence-electron chi connectivity index (χ0n) is 12.1. The molecule has 0 amide bonds. The SMILES string of the molecule is CN.Cc1ccc(C(C)(C)c2ccc(O)cc2)cc1. The number of benzene rings is 2. The minimum absolute atomic E-state index is 0.0403. The first-order valence-electron chi connectivity index (χ1n) is 6.44. The number of hydrogen-bond donors (Lipinski definition) is 2. The second-order valence-corrected chi connectivity index (χ2v) is 5.04. The Labute approximate surface area is 115 Å². The molecular weight excluding hydrogens is 234 g/mol. The van der Waals surface area contributed by atoms with E-state index in [-0.39, 0.29) is 5.41 Å². The van der Waals surface area contributed by atoms with Gasteiger partial charge in [-0.1, -0.05) is 55.8 Å². The summed E-state index contributed by atoms with van der Waals surface area (Å²) in [5.41, 5.74) is 8.23. The molecule has 3 N–H and O–H groups in total. The highest BCUT2D eigenvalue weighted by atomic mass is 16.3. The van der Waals surface area contributed by atoms with Gasteiger partial charge >= 0.3 is 0 Å². The molecule has 0 heterocycles. The highest BCUT2D eigenvalue weighted by Gasteiger charge is 2.22. The van der Waals surface area contributed by atoms with Gasteiger partial charge in [0, 0.05) is 5.41 Å². The molecule has 0 aliphatic heterocycles. The fourth-order valence-electron chi connectivity index (χ4n) is 2.01. The maximum atomic E-state index is 9.33. The lowest BCUT2D eigenvalue weighted by Gasteiger charge is -2.26. The van der Waals surface area contributed by atoms with Crippen molar-refractivity contribution in [2.24, 2.45) is 5.73 Å². The van der Waals surface area contributed by atoms with E-state index in [1.807, 2.05) is 12.1 Å². The molecule has 102 valence electrons. The molecule has 0 atom stereocenters. The van der Waals surface area contributed by atoms with Crippen molar-refractivity contribution < 1.29 is 5.11 Å². The molecule has 2 nitrogen and oxygen atoms in total. The molecule has 0 fully saturated rings. The van der Waals surface area contributed by atoms with E-state index in [4.69, 9.17) is 0 Å². The number of nitrogens with two attached hydrogens (primary N) is 1. The number of aryl methyl sites for hydroxylation is 1. The standard InChI is InChI=1S/C16H18O.CH5N/c1-12-4-6-13(7-5-12)16(2,3)14-8-10-15(17)11-9-14;1-2/h4-11,17H,1-3H3;2H2,1H3. The van der Waals surface area contributed by atoms with Gasteiger partial charge in [0.1, 0.15) is 5.75 Å². The van der Waals surface area contributed by atoms with Gasteiger partial charge in [0.25, 0.3) is 0 Å². The third-order valence-electron chi connectivity index (χ3n) is 3.36. The lowest BCUT2D eigenvalue weighted by molar-refractivity contribution is 0.474. The van der Waals surface area contributed by atoms with Gasteiger partial charge in [-0.25, -0.2) is 0 Å². The third kappa shape index (κ3) is 3.58. The summed E-state index contributed by atoms with van der Waals surface area (Å²) in [6, 6.07) is 16.1. The smallest absolute Gasteiger partial charge is 0.115 e. The number of phenolic OH excluding ortho intramolecular Hbond substituents is 1.